The minimum atomic E-state index is -0.440. The van der Waals surface area contributed by atoms with Crippen molar-refractivity contribution in [2.24, 2.45) is 5.92 Å². The van der Waals surface area contributed by atoms with Gasteiger partial charge >= 0.3 is 0 Å². The van der Waals surface area contributed by atoms with E-state index >= 15 is 0 Å². The smallest absolute Gasteiger partial charge is 0.259 e. The Labute approximate surface area is 145 Å². The molecule has 1 aliphatic heterocycles. The molecule has 0 spiro atoms. The van der Waals surface area contributed by atoms with Gasteiger partial charge in [-0.3, -0.25) is 9.59 Å². The summed E-state index contributed by atoms with van der Waals surface area (Å²) in [5.74, 6) is -0.422. The van der Waals surface area contributed by atoms with E-state index in [1.165, 1.54) is 18.3 Å². The van der Waals surface area contributed by atoms with Gasteiger partial charge in [-0.15, -0.1) is 0 Å². The molecule has 1 aliphatic rings. The van der Waals surface area contributed by atoms with Gasteiger partial charge in [-0.05, 0) is 49.3 Å². The van der Waals surface area contributed by atoms with Crippen molar-refractivity contribution < 1.29 is 14.3 Å². The molecule has 0 aliphatic carbocycles. The molecule has 0 radical (unpaired) electrons. The van der Waals surface area contributed by atoms with Crippen molar-refractivity contribution in [3.8, 4) is 5.75 Å². The molecule has 0 saturated carbocycles. The summed E-state index contributed by atoms with van der Waals surface area (Å²) in [5.41, 5.74) is 0.770. The lowest BCUT2D eigenvalue weighted by molar-refractivity contribution is 0.0665. The first-order valence-electron chi connectivity index (χ1n) is 8.48. The Kier molecular flexibility index (Phi) is 5.16. The van der Waals surface area contributed by atoms with Crippen LogP contribution < -0.4 is 5.56 Å². The van der Waals surface area contributed by atoms with Gasteiger partial charge < -0.3 is 15.0 Å². The maximum absolute atomic E-state index is 13.0. The van der Waals surface area contributed by atoms with Gasteiger partial charge in [0.2, 0.25) is 0 Å². The number of aromatic nitrogens is 1. The Morgan fingerprint density at radius 1 is 1.32 bits per heavy atom. The summed E-state index contributed by atoms with van der Waals surface area (Å²) < 4.78 is 13.0. The second-order valence-electron chi connectivity index (χ2n) is 6.52. The van der Waals surface area contributed by atoms with Crippen LogP contribution in [0, 0.1) is 11.7 Å². The van der Waals surface area contributed by atoms with Crippen molar-refractivity contribution in [2.45, 2.75) is 25.7 Å². The van der Waals surface area contributed by atoms with Gasteiger partial charge in [0.15, 0.2) is 0 Å². The predicted octanol–water partition coefficient (Wildman–Crippen LogP) is 2.70. The van der Waals surface area contributed by atoms with Crippen molar-refractivity contribution in [1.29, 1.82) is 0 Å². The highest BCUT2D eigenvalue weighted by molar-refractivity contribution is 5.96. The molecule has 1 amide bonds. The van der Waals surface area contributed by atoms with Gasteiger partial charge in [0, 0.05) is 25.4 Å². The monoisotopic (exact) mass is 344 g/mol. The summed E-state index contributed by atoms with van der Waals surface area (Å²) in [6.07, 6.45) is 4.98. The number of halogens is 1. The van der Waals surface area contributed by atoms with Crippen LogP contribution >= 0.6 is 0 Å². The molecule has 1 aromatic heterocycles. The third-order valence-electron chi connectivity index (χ3n) is 4.69. The Hall–Kier alpha value is -2.63. The summed E-state index contributed by atoms with van der Waals surface area (Å²) in [5, 5.41) is 9.83. The normalized spacial score (nSPS) is 17.5. The zero-order chi connectivity index (χ0) is 17.8. The largest absolute Gasteiger partial charge is 0.507 e. The number of pyridine rings is 1. The highest BCUT2D eigenvalue weighted by atomic mass is 19.1. The molecule has 132 valence electrons. The van der Waals surface area contributed by atoms with Gasteiger partial charge in [0.05, 0.1) is 5.56 Å². The van der Waals surface area contributed by atoms with Crippen molar-refractivity contribution in [2.75, 3.05) is 13.1 Å². The molecule has 2 N–H and O–H groups in total. The molecular formula is C19H21FN2O3. The number of nitrogens with one attached hydrogen (secondary N) is 1. The number of aryl methyl sites for hydroxylation is 1. The lowest BCUT2D eigenvalue weighted by Gasteiger charge is -2.33. The fourth-order valence-corrected chi connectivity index (χ4v) is 3.31. The summed E-state index contributed by atoms with van der Waals surface area (Å²) >= 11 is 0. The van der Waals surface area contributed by atoms with Crippen LogP contribution in [0.4, 0.5) is 4.39 Å². The number of rotatable bonds is 4. The van der Waals surface area contributed by atoms with Crippen LogP contribution in [0.15, 0.2) is 41.3 Å². The molecular weight excluding hydrogens is 323 g/mol. The molecule has 6 heteroatoms. The lowest BCUT2D eigenvalue weighted by atomic mass is 9.91. The summed E-state index contributed by atoms with van der Waals surface area (Å²) in [6, 6.07) is 7.53. The van der Waals surface area contributed by atoms with E-state index < -0.39 is 5.56 Å². The van der Waals surface area contributed by atoms with Crippen LogP contribution in [0.2, 0.25) is 0 Å². The van der Waals surface area contributed by atoms with Gasteiger partial charge in [-0.25, -0.2) is 4.39 Å². The molecule has 3 rings (SSSR count). The fourth-order valence-electron chi connectivity index (χ4n) is 3.31. The molecule has 5 nitrogen and oxygen atoms in total. The molecule has 1 atom stereocenters. The number of H-pyrrole nitrogens is 1. The number of carbonyl (C=O) groups is 1. The zero-order valence-electron chi connectivity index (χ0n) is 13.9. The number of hydrogen-bond donors (Lipinski definition) is 2. The van der Waals surface area contributed by atoms with E-state index in [-0.39, 0.29) is 23.0 Å². The van der Waals surface area contributed by atoms with Gasteiger partial charge in [-0.1, -0.05) is 12.1 Å². The number of amides is 1. The van der Waals surface area contributed by atoms with Crippen molar-refractivity contribution in [3.63, 3.8) is 0 Å². The summed E-state index contributed by atoms with van der Waals surface area (Å²) in [6.45, 7) is 1.27. The number of carbonyl (C=O) groups excluding carboxylic acids is 1. The van der Waals surface area contributed by atoms with Gasteiger partial charge in [-0.2, -0.15) is 0 Å². The van der Waals surface area contributed by atoms with E-state index in [0.717, 1.165) is 37.3 Å². The highest BCUT2D eigenvalue weighted by Crippen LogP contribution is 2.24. The van der Waals surface area contributed by atoms with Crippen LogP contribution in [0.25, 0.3) is 0 Å². The maximum Gasteiger partial charge on any atom is 0.259 e. The fraction of sp³-hybridized carbons (Fsp3) is 0.368. The molecule has 0 bridgehead atoms. The molecule has 1 fully saturated rings. The van der Waals surface area contributed by atoms with E-state index in [4.69, 9.17) is 0 Å². The minimum Gasteiger partial charge on any atom is -0.507 e. The first-order valence-corrected chi connectivity index (χ1v) is 8.48. The second-order valence-corrected chi connectivity index (χ2v) is 6.52. The standard InChI is InChI=1S/C19H21FN2O3/c20-15-7-5-13(6-8-15)3-4-14-2-1-9-22(12-14)19(25)16-11-21-18(24)10-17(16)23/h5-8,10-11,14H,1-4,9,12H2,(H2,21,23,24)/t14-/m1/s1. The Morgan fingerprint density at radius 3 is 2.80 bits per heavy atom. The van der Waals surface area contributed by atoms with Crippen LogP contribution in [-0.4, -0.2) is 34.0 Å². The second kappa shape index (κ2) is 7.51. The third-order valence-corrected chi connectivity index (χ3v) is 4.69. The van der Waals surface area contributed by atoms with Crippen molar-refractivity contribution >= 4 is 5.91 Å². The highest BCUT2D eigenvalue weighted by Gasteiger charge is 2.26. The zero-order valence-corrected chi connectivity index (χ0v) is 13.9. The Balaban J connectivity index is 1.61. The quantitative estimate of drug-likeness (QED) is 0.896. The third kappa shape index (κ3) is 4.26. The molecule has 25 heavy (non-hydrogen) atoms. The molecule has 0 unspecified atom stereocenters. The van der Waals surface area contributed by atoms with E-state index in [9.17, 15) is 19.1 Å². The van der Waals surface area contributed by atoms with Gasteiger partial charge in [0.25, 0.3) is 11.5 Å². The molecule has 2 aromatic rings. The number of hydrogen-bond acceptors (Lipinski definition) is 3. The molecule has 1 aromatic carbocycles. The van der Waals surface area contributed by atoms with E-state index in [2.05, 4.69) is 4.98 Å². The number of piperidine rings is 1. The van der Waals surface area contributed by atoms with Crippen LogP contribution in [0.1, 0.15) is 35.2 Å². The van der Waals surface area contributed by atoms with E-state index in [1.807, 2.05) is 0 Å². The molecule has 2 heterocycles. The van der Waals surface area contributed by atoms with Crippen LogP contribution in [0.5, 0.6) is 5.75 Å². The van der Waals surface area contributed by atoms with Crippen LogP contribution in [-0.2, 0) is 6.42 Å². The number of aromatic amines is 1. The predicted molar refractivity (Wildman–Crippen MR) is 92.1 cm³/mol. The number of aromatic hydroxyl groups is 1. The van der Waals surface area contributed by atoms with E-state index in [1.54, 1.807) is 17.0 Å². The number of likely N-dealkylation sites (tertiary alicyclic amines) is 1. The Bertz CT molecular complexity index is 801. The van der Waals surface area contributed by atoms with Crippen molar-refractivity contribution in [1.82, 2.24) is 9.88 Å². The van der Waals surface area contributed by atoms with Crippen molar-refractivity contribution in [3.05, 3.63) is 63.8 Å². The number of benzene rings is 1. The lowest BCUT2D eigenvalue weighted by Crippen LogP contribution is -2.40. The Morgan fingerprint density at radius 2 is 2.08 bits per heavy atom. The average Bonchev–Trinajstić information content (AvgIpc) is 2.61. The topological polar surface area (TPSA) is 73.4 Å². The maximum atomic E-state index is 13.0. The SMILES string of the molecule is O=C(c1c[nH]c(=O)cc1O)N1CCC[C@H](CCc2ccc(F)cc2)C1. The molecule has 1 saturated heterocycles. The van der Waals surface area contributed by atoms with Crippen LogP contribution in [0.3, 0.4) is 0 Å². The first kappa shape index (κ1) is 17.2. The first-order chi connectivity index (χ1) is 12.0. The minimum absolute atomic E-state index is 0.124. The summed E-state index contributed by atoms with van der Waals surface area (Å²) in [4.78, 5) is 27.9. The summed E-state index contributed by atoms with van der Waals surface area (Å²) in [7, 11) is 0. The van der Waals surface area contributed by atoms with E-state index in [0.29, 0.717) is 19.0 Å². The van der Waals surface area contributed by atoms with Gasteiger partial charge in [0.1, 0.15) is 11.6 Å². The number of nitrogens with zero attached hydrogens (tertiary/aromatic N) is 1. The average molecular weight is 344 g/mol.